The molecule has 6 nitrogen and oxygen atoms in total. The number of amides is 1. The second kappa shape index (κ2) is 6.15. The van der Waals surface area contributed by atoms with E-state index in [-0.39, 0.29) is 17.9 Å². The number of aromatic nitrogens is 2. The molecular formula is C15H24N4O2. The summed E-state index contributed by atoms with van der Waals surface area (Å²) < 4.78 is 7.72. The maximum Gasteiger partial charge on any atom is 0.223 e. The number of likely N-dealkylation sites (tertiary alicyclic amines) is 1. The van der Waals surface area contributed by atoms with Gasteiger partial charge in [-0.2, -0.15) is 5.10 Å². The number of nitrogens with zero attached hydrogens (tertiary/aromatic N) is 3. The Morgan fingerprint density at radius 1 is 1.52 bits per heavy atom. The first-order valence-corrected chi connectivity index (χ1v) is 7.70. The van der Waals surface area contributed by atoms with Crippen molar-refractivity contribution in [2.75, 3.05) is 26.7 Å². The van der Waals surface area contributed by atoms with Gasteiger partial charge in [-0.25, -0.2) is 0 Å². The molecule has 2 aliphatic heterocycles. The van der Waals surface area contributed by atoms with E-state index in [9.17, 15) is 4.79 Å². The van der Waals surface area contributed by atoms with E-state index in [1.807, 2.05) is 17.9 Å². The first kappa shape index (κ1) is 14.5. The third-order valence-corrected chi connectivity index (χ3v) is 4.70. The normalized spacial score (nSPS) is 29.9. The van der Waals surface area contributed by atoms with Gasteiger partial charge < -0.3 is 10.1 Å². The molecule has 0 bridgehead atoms. The van der Waals surface area contributed by atoms with Crippen LogP contribution in [0.4, 0.5) is 0 Å². The highest BCUT2D eigenvalue weighted by molar-refractivity contribution is 5.78. The number of ether oxygens (including phenoxy) is 1. The third-order valence-electron chi connectivity index (χ3n) is 4.70. The smallest absolute Gasteiger partial charge is 0.223 e. The van der Waals surface area contributed by atoms with Crippen molar-refractivity contribution < 1.29 is 9.53 Å². The van der Waals surface area contributed by atoms with Gasteiger partial charge in [0.15, 0.2) is 0 Å². The highest BCUT2D eigenvalue weighted by Crippen LogP contribution is 2.33. The maximum absolute atomic E-state index is 12.1. The number of rotatable bonds is 3. The minimum Gasteiger partial charge on any atom is -0.378 e. The fraction of sp³-hybridized carbons (Fsp3) is 0.733. The van der Waals surface area contributed by atoms with Crippen molar-refractivity contribution in [1.82, 2.24) is 20.0 Å². The van der Waals surface area contributed by atoms with E-state index in [1.165, 1.54) is 5.56 Å². The third kappa shape index (κ3) is 3.11. The van der Waals surface area contributed by atoms with Crippen LogP contribution in [0.5, 0.6) is 0 Å². The summed E-state index contributed by atoms with van der Waals surface area (Å²) in [5.41, 5.74) is 1.23. The van der Waals surface area contributed by atoms with Crippen LogP contribution in [0.25, 0.3) is 0 Å². The van der Waals surface area contributed by atoms with Gasteiger partial charge in [0.05, 0.1) is 12.3 Å². The van der Waals surface area contributed by atoms with Gasteiger partial charge in [-0.1, -0.05) is 0 Å². The van der Waals surface area contributed by atoms with Gasteiger partial charge >= 0.3 is 0 Å². The lowest BCUT2D eigenvalue weighted by Gasteiger charge is -2.44. The minimum atomic E-state index is 0.0884. The Hall–Kier alpha value is -1.40. The molecule has 3 atom stereocenters. The Kier molecular flexibility index (Phi) is 4.26. The van der Waals surface area contributed by atoms with E-state index >= 15 is 0 Å². The van der Waals surface area contributed by atoms with Crippen LogP contribution >= 0.6 is 0 Å². The number of fused-ring (bicyclic) bond motifs is 1. The molecule has 3 rings (SSSR count). The zero-order valence-corrected chi connectivity index (χ0v) is 12.8. The molecule has 0 spiro atoms. The zero-order chi connectivity index (χ0) is 14.8. The standard InChI is InChI=1S/C15H24N4O2/c1-16-15(20)12-4-6-21-14-3-5-19(10-13(12)14)9-11-7-17-18(2)8-11/h7-8,12-14H,3-6,9-10H2,1-2H3,(H,16,20)/t12-,13+,14-/m0/s1. The Morgan fingerprint density at radius 3 is 3.10 bits per heavy atom. The van der Waals surface area contributed by atoms with Crippen molar-refractivity contribution in [3.05, 3.63) is 18.0 Å². The average Bonchev–Trinajstić information content (AvgIpc) is 2.91. The lowest BCUT2D eigenvalue weighted by molar-refractivity contribution is -0.141. The summed E-state index contributed by atoms with van der Waals surface area (Å²) in [4.78, 5) is 14.5. The highest BCUT2D eigenvalue weighted by Gasteiger charge is 2.41. The van der Waals surface area contributed by atoms with Crippen LogP contribution in [0, 0.1) is 11.8 Å². The van der Waals surface area contributed by atoms with Gasteiger partial charge in [0.25, 0.3) is 0 Å². The van der Waals surface area contributed by atoms with Crippen LogP contribution < -0.4 is 5.32 Å². The number of nitrogens with one attached hydrogen (secondary N) is 1. The number of hydrogen-bond acceptors (Lipinski definition) is 4. The fourth-order valence-corrected chi connectivity index (χ4v) is 3.65. The number of carbonyl (C=O) groups is 1. The predicted octanol–water partition coefficient (Wildman–Crippen LogP) is 0.393. The Morgan fingerprint density at radius 2 is 2.38 bits per heavy atom. The van der Waals surface area contributed by atoms with Crippen molar-refractivity contribution in [2.45, 2.75) is 25.5 Å². The summed E-state index contributed by atoms with van der Waals surface area (Å²) in [6, 6.07) is 0. The molecule has 1 aromatic rings. The van der Waals surface area contributed by atoms with Crippen LogP contribution in [-0.2, 0) is 23.1 Å². The van der Waals surface area contributed by atoms with Crippen molar-refractivity contribution in [2.24, 2.45) is 18.9 Å². The number of carbonyl (C=O) groups excluding carboxylic acids is 1. The van der Waals surface area contributed by atoms with Gasteiger partial charge in [-0.05, 0) is 12.8 Å². The highest BCUT2D eigenvalue weighted by atomic mass is 16.5. The Bertz CT molecular complexity index is 502. The number of piperidine rings is 1. The molecular weight excluding hydrogens is 268 g/mol. The van der Waals surface area contributed by atoms with Gasteiger partial charge in [-0.15, -0.1) is 0 Å². The molecule has 0 unspecified atom stereocenters. The number of aryl methyl sites for hydroxylation is 1. The molecule has 2 fully saturated rings. The van der Waals surface area contributed by atoms with Crippen molar-refractivity contribution in [3.63, 3.8) is 0 Å². The molecule has 116 valence electrons. The lowest BCUT2D eigenvalue weighted by atomic mass is 9.79. The molecule has 1 amide bonds. The van der Waals surface area contributed by atoms with Gasteiger partial charge in [0.2, 0.25) is 5.91 Å². The van der Waals surface area contributed by atoms with Crippen molar-refractivity contribution >= 4 is 5.91 Å². The summed E-state index contributed by atoms with van der Waals surface area (Å²) in [5, 5.41) is 7.03. The summed E-state index contributed by atoms with van der Waals surface area (Å²) in [5.74, 6) is 0.561. The molecule has 0 radical (unpaired) electrons. The molecule has 0 aromatic carbocycles. The topological polar surface area (TPSA) is 59.4 Å². The summed E-state index contributed by atoms with van der Waals surface area (Å²) >= 11 is 0. The molecule has 2 saturated heterocycles. The van der Waals surface area contributed by atoms with E-state index in [0.29, 0.717) is 12.5 Å². The SMILES string of the molecule is CNC(=O)[C@H]1CCO[C@H]2CCN(Cc3cnn(C)c3)C[C@@H]21. The molecule has 2 aliphatic rings. The molecule has 1 N–H and O–H groups in total. The largest absolute Gasteiger partial charge is 0.378 e. The predicted molar refractivity (Wildman–Crippen MR) is 78.5 cm³/mol. The first-order valence-electron chi connectivity index (χ1n) is 7.70. The van der Waals surface area contributed by atoms with Gasteiger partial charge in [0.1, 0.15) is 0 Å². The van der Waals surface area contributed by atoms with E-state index in [2.05, 4.69) is 21.5 Å². The fourth-order valence-electron chi connectivity index (χ4n) is 3.65. The Labute approximate surface area is 125 Å². The number of hydrogen-bond donors (Lipinski definition) is 1. The second-order valence-electron chi connectivity index (χ2n) is 6.13. The van der Waals surface area contributed by atoms with Crippen LogP contribution in [-0.4, -0.2) is 53.4 Å². The van der Waals surface area contributed by atoms with Crippen molar-refractivity contribution in [1.29, 1.82) is 0 Å². The minimum absolute atomic E-state index is 0.0884. The first-order chi connectivity index (χ1) is 10.2. The summed E-state index contributed by atoms with van der Waals surface area (Å²) in [7, 11) is 3.66. The molecule has 1 aromatic heterocycles. The molecule has 6 heteroatoms. The van der Waals surface area contributed by atoms with Crippen LogP contribution in [0.3, 0.4) is 0 Å². The van der Waals surface area contributed by atoms with E-state index in [0.717, 1.165) is 32.5 Å². The van der Waals surface area contributed by atoms with E-state index in [1.54, 1.807) is 7.05 Å². The van der Waals surface area contributed by atoms with Gasteiger partial charge in [-0.3, -0.25) is 14.4 Å². The van der Waals surface area contributed by atoms with Gasteiger partial charge in [0, 0.05) is 63.9 Å². The van der Waals surface area contributed by atoms with Crippen LogP contribution in [0.2, 0.25) is 0 Å². The quantitative estimate of drug-likeness (QED) is 0.876. The van der Waals surface area contributed by atoms with E-state index < -0.39 is 0 Å². The summed E-state index contributed by atoms with van der Waals surface area (Å²) in [6.45, 7) is 3.56. The molecule has 3 heterocycles. The monoisotopic (exact) mass is 292 g/mol. The molecule has 0 saturated carbocycles. The Balaban J connectivity index is 1.66. The molecule has 21 heavy (non-hydrogen) atoms. The lowest BCUT2D eigenvalue weighted by Crippen LogP contribution is -2.52. The van der Waals surface area contributed by atoms with E-state index in [4.69, 9.17) is 4.74 Å². The average molecular weight is 292 g/mol. The maximum atomic E-state index is 12.1. The summed E-state index contributed by atoms with van der Waals surface area (Å²) in [6.07, 6.45) is 6.06. The second-order valence-corrected chi connectivity index (χ2v) is 6.13. The van der Waals surface area contributed by atoms with Crippen LogP contribution in [0.15, 0.2) is 12.4 Å². The molecule has 0 aliphatic carbocycles. The van der Waals surface area contributed by atoms with Crippen molar-refractivity contribution in [3.8, 4) is 0 Å². The van der Waals surface area contributed by atoms with Crippen LogP contribution in [0.1, 0.15) is 18.4 Å². The zero-order valence-electron chi connectivity index (χ0n) is 12.8.